The van der Waals surface area contributed by atoms with Gasteiger partial charge < -0.3 is 15.8 Å². The van der Waals surface area contributed by atoms with Crippen molar-refractivity contribution in [3.05, 3.63) is 64.7 Å². The third-order valence-electron chi connectivity index (χ3n) is 3.47. The molecule has 3 N–H and O–H groups in total. The Morgan fingerprint density at radius 3 is 2.44 bits per heavy atom. The van der Waals surface area contributed by atoms with E-state index in [1.807, 2.05) is 6.07 Å². The summed E-state index contributed by atoms with van der Waals surface area (Å²) >= 11 is 6.16. The molecule has 2 aromatic rings. The lowest BCUT2D eigenvalue weighted by Crippen LogP contribution is -2.29. The zero-order valence-electron chi connectivity index (χ0n) is 13.5. The molecular formula is C18H17ClN2O4. The molecule has 2 rings (SSSR count). The molecule has 0 aliphatic heterocycles. The number of anilines is 1. The van der Waals surface area contributed by atoms with Gasteiger partial charge in [-0.15, -0.1) is 0 Å². The van der Waals surface area contributed by atoms with Gasteiger partial charge in [0.2, 0.25) is 0 Å². The SMILES string of the molecule is C[C@H](OC(N)=O)C(=O)Cc1cccc(Cl)c1C(=O)Nc1ccccc1. The van der Waals surface area contributed by atoms with Crippen molar-refractivity contribution in [1.29, 1.82) is 0 Å². The number of ketones is 1. The van der Waals surface area contributed by atoms with Gasteiger partial charge in [-0.25, -0.2) is 4.79 Å². The number of carbonyl (C=O) groups excluding carboxylic acids is 3. The number of primary amides is 1. The monoisotopic (exact) mass is 360 g/mol. The summed E-state index contributed by atoms with van der Waals surface area (Å²) in [5, 5.41) is 2.96. The van der Waals surface area contributed by atoms with Gasteiger partial charge in [-0.05, 0) is 30.7 Å². The first kappa shape index (κ1) is 18.5. The van der Waals surface area contributed by atoms with Crippen LogP contribution in [0.2, 0.25) is 5.02 Å². The normalized spacial score (nSPS) is 11.4. The van der Waals surface area contributed by atoms with E-state index < -0.39 is 23.9 Å². The van der Waals surface area contributed by atoms with Crippen LogP contribution in [0.15, 0.2) is 48.5 Å². The summed E-state index contributed by atoms with van der Waals surface area (Å²) in [5.41, 5.74) is 6.16. The maximum absolute atomic E-state index is 12.6. The fourth-order valence-corrected chi connectivity index (χ4v) is 2.54. The maximum atomic E-state index is 12.6. The number of Topliss-reactive ketones (excluding diaryl/α,β-unsaturated/α-hetero) is 1. The molecule has 130 valence electrons. The van der Waals surface area contributed by atoms with Crippen LogP contribution in [0.25, 0.3) is 0 Å². The van der Waals surface area contributed by atoms with E-state index in [1.165, 1.54) is 6.92 Å². The van der Waals surface area contributed by atoms with E-state index in [1.54, 1.807) is 42.5 Å². The molecule has 2 amide bonds. The molecule has 1 atom stereocenters. The Morgan fingerprint density at radius 1 is 1.12 bits per heavy atom. The molecule has 2 aromatic carbocycles. The highest BCUT2D eigenvalue weighted by Crippen LogP contribution is 2.23. The number of rotatable bonds is 6. The summed E-state index contributed by atoms with van der Waals surface area (Å²) < 4.78 is 4.67. The van der Waals surface area contributed by atoms with Crippen molar-refractivity contribution >= 4 is 35.1 Å². The number of benzene rings is 2. The molecule has 0 radical (unpaired) electrons. The number of hydrogen-bond donors (Lipinski definition) is 2. The lowest BCUT2D eigenvalue weighted by atomic mass is 9.99. The van der Waals surface area contributed by atoms with E-state index in [2.05, 4.69) is 10.1 Å². The second kappa shape index (κ2) is 8.30. The van der Waals surface area contributed by atoms with Crippen LogP contribution in [-0.4, -0.2) is 23.9 Å². The van der Waals surface area contributed by atoms with Gasteiger partial charge >= 0.3 is 6.09 Å². The molecule has 0 saturated heterocycles. The number of para-hydroxylation sites is 1. The quantitative estimate of drug-likeness (QED) is 0.826. The fraction of sp³-hybridized carbons (Fsp3) is 0.167. The van der Waals surface area contributed by atoms with E-state index in [0.29, 0.717) is 11.3 Å². The molecule has 0 fully saturated rings. The van der Waals surface area contributed by atoms with Crippen molar-refractivity contribution in [2.24, 2.45) is 5.73 Å². The van der Waals surface area contributed by atoms with Crippen LogP contribution in [0.3, 0.4) is 0 Å². The van der Waals surface area contributed by atoms with Crippen molar-refractivity contribution < 1.29 is 19.1 Å². The minimum absolute atomic E-state index is 0.119. The van der Waals surface area contributed by atoms with Gasteiger partial charge in [0.25, 0.3) is 5.91 Å². The van der Waals surface area contributed by atoms with E-state index in [4.69, 9.17) is 17.3 Å². The molecule has 0 saturated carbocycles. The first-order valence-corrected chi connectivity index (χ1v) is 7.89. The van der Waals surface area contributed by atoms with Crippen LogP contribution in [-0.2, 0) is 16.0 Å². The van der Waals surface area contributed by atoms with Gasteiger partial charge in [0.1, 0.15) is 0 Å². The van der Waals surface area contributed by atoms with Gasteiger partial charge in [-0.1, -0.05) is 41.9 Å². The number of nitrogens with one attached hydrogen (secondary N) is 1. The number of carbonyl (C=O) groups is 3. The van der Waals surface area contributed by atoms with Gasteiger partial charge in [0.15, 0.2) is 11.9 Å². The summed E-state index contributed by atoms with van der Waals surface area (Å²) in [4.78, 5) is 35.5. The zero-order chi connectivity index (χ0) is 18.4. The molecular weight excluding hydrogens is 344 g/mol. The predicted octanol–water partition coefficient (Wildman–Crippen LogP) is 3.19. The molecule has 7 heteroatoms. The molecule has 0 aromatic heterocycles. The van der Waals surface area contributed by atoms with E-state index in [9.17, 15) is 14.4 Å². The summed E-state index contributed by atoms with van der Waals surface area (Å²) in [6.07, 6.45) is -2.16. The topological polar surface area (TPSA) is 98.5 Å². The van der Waals surface area contributed by atoms with Gasteiger partial charge in [-0.2, -0.15) is 0 Å². The van der Waals surface area contributed by atoms with Crippen LogP contribution in [0, 0.1) is 0 Å². The molecule has 0 unspecified atom stereocenters. The number of amides is 2. The minimum Gasteiger partial charge on any atom is -0.439 e. The van der Waals surface area contributed by atoms with Crippen LogP contribution < -0.4 is 11.1 Å². The molecule has 25 heavy (non-hydrogen) atoms. The van der Waals surface area contributed by atoms with Crippen LogP contribution in [0.1, 0.15) is 22.8 Å². The first-order valence-electron chi connectivity index (χ1n) is 7.51. The van der Waals surface area contributed by atoms with Crippen LogP contribution in [0.5, 0.6) is 0 Å². The Labute approximate surface area is 149 Å². The van der Waals surface area contributed by atoms with Crippen molar-refractivity contribution in [3.8, 4) is 0 Å². The maximum Gasteiger partial charge on any atom is 0.405 e. The third kappa shape index (κ3) is 5.06. The number of ether oxygens (including phenoxy) is 1. The molecule has 0 aliphatic carbocycles. The molecule has 6 nitrogen and oxygen atoms in total. The van der Waals surface area contributed by atoms with Crippen molar-refractivity contribution in [1.82, 2.24) is 0 Å². The third-order valence-corrected chi connectivity index (χ3v) is 3.78. The largest absolute Gasteiger partial charge is 0.439 e. The minimum atomic E-state index is -1.03. The molecule has 0 spiro atoms. The van der Waals surface area contributed by atoms with E-state index in [-0.39, 0.29) is 17.0 Å². The van der Waals surface area contributed by atoms with Gasteiger partial charge in [0, 0.05) is 12.1 Å². The Kier molecular flexibility index (Phi) is 6.14. The van der Waals surface area contributed by atoms with Crippen molar-refractivity contribution in [2.75, 3.05) is 5.32 Å². The second-order valence-electron chi connectivity index (χ2n) is 5.32. The Hall–Kier alpha value is -2.86. The van der Waals surface area contributed by atoms with Gasteiger partial charge in [-0.3, -0.25) is 9.59 Å². The highest BCUT2D eigenvalue weighted by molar-refractivity contribution is 6.34. The van der Waals surface area contributed by atoms with Crippen molar-refractivity contribution in [3.63, 3.8) is 0 Å². The second-order valence-corrected chi connectivity index (χ2v) is 5.72. The summed E-state index contributed by atoms with van der Waals surface area (Å²) in [6, 6.07) is 13.7. The number of hydrogen-bond acceptors (Lipinski definition) is 4. The Morgan fingerprint density at radius 2 is 1.80 bits per heavy atom. The molecule has 0 heterocycles. The van der Waals surface area contributed by atoms with E-state index in [0.717, 1.165) is 0 Å². The van der Waals surface area contributed by atoms with E-state index >= 15 is 0 Å². The average molecular weight is 361 g/mol. The summed E-state index contributed by atoms with van der Waals surface area (Å²) in [6.45, 7) is 1.42. The average Bonchev–Trinajstić information content (AvgIpc) is 2.55. The molecule has 0 aliphatic rings. The lowest BCUT2D eigenvalue weighted by molar-refractivity contribution is -0.125. The Bertz CT molecular complexity index is 793. The summed E-state index contributed by atoms with van der Waals surface area (Å²) in [5.74, 6) is -0.821. The standard InChI is InChI=1S/C18H17ClN2O4/c1-11(25-18(20)24)15(22)10-12-6-5-9-14(19)16(12)17(23)21-13-7-3-2-4-8-13/h2-9,11H,10H2,1H3,(H2,20,24)(H,21,23)/t11-/m0/s1. The fourth-order valence-electron chi connectivity index (χ4n) is 2.26. The first-order chi connectivity index (χ1) is 11.9. The van der Waals surface area contributed by atoms with Gasteiger partial charge in [0.05, 0.1) is 10.6 Å². The lowest BCUT2D eigenvalue weighted by Gasteiger charge is -2.14. The van der Waals surface area contributed by atoms with Crippen molar-refractivity contribution in [2.45, 2.75) is 19.4 Å². The van der Waals surface area contributed by atoms with Crippen LogP contribution >= 0.6 is 11.6 Å². The number of nitrogens with two attached hydrogens (primary N) is 1. The van der Waals surface area contributed by atoms with Crippen LogP contribution in [0.4, 0.5) is 10.5 Å². The molecule has 0 bridgehead atoms. The highest BCUT2D eigenvalue weighted by atomic mass is 35.5. The zero-order valence-corrected chi connectivity index (χ0v) is 14.2. The smallest absolute Gasteiger partial charge is 0.405 e. The highest BCUT2D eigenvalue weighted by Gasteiger charge is 2.22. The number of halogens is 1. The summed E-state index contributed by atoms with van der Waals surface area (Å²) in [7, 11) is 0. The predicted molar refractivity (Wildman–Crippen MR) is 94.7 cm³/mol. The Balaban J connectivity index is 2.22.